The number of carbonyl (C=O) groups is 1. The smallest absolute Gasteiger partial charge is 0.231 e. The van der Waals surface area contributed by atoms with Crippen LogP contribution in [-0.4, -0.2) is 23.0 Å². The molecule has 1 saturated carbocycles. The van der Waals surface area contributed by atoms with E-state index in [9.17, 15) is 4.79 Å². The molecule has 5 nitrogen and oxygen atoms in total. The highest BCUT2D eigenvalue weighted by Gasteiger charge is 2.32. The van der Waals surface area contributed by atoms with Gasteiger partial charge in [-0.05, 0) is 24.7 Å². The minimum Gasteiger partial charge on any atom is -0.409 e. The molecule has 0 heterocycles. The number of nitrogens with one attached hydrogen (secondary N) is 1. The van der Waals surface area contributed by atoms with Crippen LogP contribution in [-0.2, 0) is 4.79 Å². The summed E-state index contributed by atoms with van der Waals surface area (Å²) in [5.41, 5.74) is 5.52. The van der Waals surface area contributed by atoms with Crippen LogP contribution in [0.5, 0.6) is 0 Å². The number of amides is 1. The summed E-state index contributed by atoms with van der Waals surface area (Å²) in [6.07, 6.45) is 2.04. The molecule has 1 aliphatic rings. The minimum atomic E-state index is -0.541. The largest absolute Gasteiger partial charge is 0.409 e. The van der Waals surface area contributed by atoms with E-state index in [4.69, 9.17) is 10.9 Å². The Kier molecular flexibility index (Phi) is 4.15. The van der Waals surface area contributed by atoms with Gasteiger partial charge in [-0.1, -0.05) is 25.9 Å². The normalized spacial score (nSPS) is 27.4. The van der Waals surface area contributed by atoms with Gasteiger partial charge < -0.3 is 16.3 Å². The highest BCUT2D eigenvalue weighted by atomic mass is 16.4. The van der Waals surface area contributed by atoms with Gasteiger partial charge in [-0.2, -0.15) is 0 Å². The molecule has 0 aromatic carbocycles. The first-order valence-corrected chi connectivity index (χ1v) is 5.73. The highest BCUT2D eigenvalue weighted by molar-refractivity contribution is 6.02. The number of rotatable bonds is 4. The number of nitrogens with zero attached hydrogens (tertiary/aromatic N) is 1. The lowest BCUT2D eigenvalue weighted by Gasteiger charge is -2.34. The molecule has 0 aromatic rings. The maximum atomic E-state index is 11.9. The van der Waals surface area contributed by atoms with E-state index < -0.39 is 5.92 Å². The van der Waals surface area contributed by atoms with Crippen LogP contribution < -0.4 is 11.1 Å². The third kappa shape index (κ3) is 2.87. The highest BCUT2D eigenvalue weighted by Crippen LogP contribution is 2.26. The number of hydrogen-bond acceptors (Lipinski definition) is 3. The summed E-state index contributed by atoms with van der Waals surface area (Å²) >= 11 is 0. The molecule has 1 fully saturated rings. The summed E-state index contributed by atoms with van der Waals surface area (Å²) in [4.78, 5) is 11.9. The first-order valence-electron chi connectivity index (χ1n) is 5.73. The Morgan fingerprint density at radius 1 is 1.50 bits per heavy atom. The number of carbonyl (C=O) groups excluding carboxylic acids is 1. The number of hydrogen-bond donors (Lipinski definition) is 3. The van der Waals surface area contributed by atoms with Gasteiger partial charge in [0.2, 0.25) is 5.91 Å². The molecule has 0 aliphatic heterocycles. The van der Waals surface area contributed by atoms with Gasteiger partial charge in [-0.3, -0.25) is 4.79 Å². The van der Waals surface area contributed by atoms with Crippen molar-refractivity contribution in [1.29, 1.82) is 0 Å². The van der Waals surface area contributed by atoms with Crippen molar-refractivity contribution in [2.24, 2.45) is 28.6 Å². The zero-order chi connectivity index (χ0) is 12.3. The molecule has 4 N–H and O–H groups in total. The third-order valence-corrected chi connectivity index (χ3v) is 3.10. The first-order chi connectivity index (χ1) is 7.45. The molecule has 1 amide bonds. The zero-order valence-corrected chi connectivity index (χ0v) is 10.1. The van der Waals surface area contributed by atoms with Gasteiger partial charge in [-0.25, -0.2) is 0 Å². The Hall–Kier alpha value is -1.26. The summed E-state index contributed by atoms with van der Waals surface area (Å²) in [5, 5.41) is 14.5. The standard InChI is InChI=1S/C11H21N3O2/c1-6(2)9(10(12)14-16)11(15)13-8-4-7(3)5-8/h6-9,16H,4-5H2,1-3H3,(H2,12,14)(H,13,15). The van der Waals surface area contributed by atoms with Gasteiger partial charge in [0, 0.05) is 6.04 Å². The third-order valence-electron chi connectivity index (χ3n) is 3.10. The molecule has 16 heavy (non-hydrogen) atoms. The topological polar surface area (TPSA) is 87.7 Å². The van der Waals surface area contributed by atoms with Crippen LogP contribution in [0.1, 0.15) is 33.6 Å². The SMILES string of the molecule is CC1CC(NC(=O)C(C(N)=NO)C(C)C)C1. The Bertz CT molecular complexity index is 283. The molecular weight excluding hydrogens is 206 g/mol. The molecule has 1 rings (SSSR count). The van der Waals surface area contributed by atoms with Crippen molar-refractivity contribution in [3.63, 3.8) is 0 Å². The molecule has 1 atom stereocenters. The first kappa shape index (κ1) is 12.8. The zero-order valence-electron chi connectivity index (χ0n) is 10.1. The van der Waals surface area contributed by atoms with Crippen LogP contribution in [0.3, 0.4) is 0 Å². The molecular formula is C11H21N3O2. The van der Waals surface area contributed by atoms with Crippen LogP contribution >= 0.6 is 0 Å². The Labute approximate surface area is 96.1 Å². The maximum absolute atomic E-state index is 11.9. The maximum Gasteiger partial charge on any atom is 0.231 e. The lowest BCUT2D eigenvalue weighted by molar-refractivity contribution is -0.125. The van der Waals surface area contributed by atoms with Crippen molar-refractivity contribution in [3.8, 4) is 0 Å². The predicted octanol–water partition coefficient (Wildman–Crippen LogP) is 0.920. The number of oxime groups is 1. The molecule has 1 unspecified atom stereocenters. The number of nitrogens with two attached hydrogens (primary N) is 1. The van der Waals surface area contributed by atoms with Crippen molar-refractivity contribution in [2.45, 2.75) is 39.7 Å². The van der Waals surface area contributed by atoms with E-state index in [0.29, 0.717) is 5.92 Å². The van der Waals surface area contributed by atoms with E-state index in [1.165, 1.54) is 0 Å². The van der Waals surface area contributed by atoms with E-state index in [1.807, 2.05) is 13.8 Å². The lowest BCUT2D eigenvalue weighted by Crippen LogP contribution is -2.49. The van der Waals surface area contributed by atoms with Gasteiger partial charge >= 0.3 is 0 Å². The van der Waals surface area contributed by atoms with Crippen molar-refractivity contribution in [1.82, 2.24) is 5.32 Å². The van der Waals surface area contributed by atoms with Crippen LogP contribution in [0.15, 0.2) is 5.16 Å². The van der Waals surface area contributed by atoms with Crippen LogP contribution in [0, 0.1) is 17.8 Å². The monoisotopic (exact) mass is 227 g/mol. The summed E-state index contributed by atoms with van der Waals surface area (Å²) in [7, 11) is 0. The van der Waals surface area contributed by atoms with E-state index in [0.717, 1.165) is 12.8 Å². The van der Waals surface area contributed by atoms with Gasteiger partial charge in [0.15, 0.2) is 5.84 Å². The summed E-state index contributed by atoms with van der Waals surface area (Å²) in [6.45, 7) is 5.92. The Morgan fingerprint density at radius 2 is 2.06 bits per heavy atom. The average Bonchev–Trinajstić information content (AvgIpc) is 2.14. The summed E-state index contributed by atoms with van der Waals surface area (Å²) < 4.78 is 0. The second kappa shape index (κ2) is 5.18. The molecule has 0 spiro atoms. The van der Waals surface area contributed by atoms with E-state index in [2.05, 4.69) is 17.4 Å². The molecule has 0 bridgehead atoms. The average molecular weight is 227 g/mol. The molecule has 1 aliphatic carbocycles. The fraction of sp³-hybridized carbons (Fsp3) is 0.818. The summed E-state index contributed by atoms with van der Waals surface area (Å²) in [5.74, 6) is 0.0167. The Balaban J connectivity index is 2.55. The molecule has 0 aromatic heterocycles. The molecule has 0 radical (unpaired) electrons. The van der Waals surface area contributed by atoms with Crippen LogP contribution in [0.25, 0.3) is 0 Å². The van der Waals surface area contributed by atoms with Crippen molar-refractivity contribution in [3.05, 3.63) is 0 Å². The number of amidine groups is 1. The van der Waals surface area contributed by atoms with Crippen molar-refractivity contribution < 1.29 is 10.0 Å². The molecule has 92 valence electrons. The second-order valence-corrected chi connectivity index (χ2v) is 5.03. The van der Waals surface area contributed by atoms with E-state index in [1.54, 1.807) is 0 Å². The minimum absolute atomic E-state index is 0.0140. The predicted molar refractivity (Wildman–Crippen MR) is 62.1 cm³/mol. The quantitative estimate of drug-likeness (QED) is 0.289. The fourth-order valence-corrected chi connectivity index (χ4v) is 2.15. The Morgan fingerprint density at radius 3 is 2.44 bits per heavy atom. The fourth-order valence-electron chi connectivity index (χ4n) is 2.15. The van der Waals surface area contributed by atoms with Crippen molar-refractivity contribution >= 4 is 11.7 Å². The van der Waals surface area contributed by atoms with Gasteiger partial charge in [0.1, 0.15) is 5.92 Å². The van der Waals surface area contributed by atoms with E-state index in [-0.39, 0.29) is 23.7 Å². The van der Waals surface area contributed by atoms with Crippen molar-refractivity contribution in [2.75, 3.05) is 0 Å². The lowest BCUT2D eigenvalue weighted by atomic mass is 9.81. The van der Waals surface area contributed by atoms with Crippen LogP contribution in [0.4, 0.5) is 0 Å². The second-order valence-electron chi connectivity index (χ2n) is 5.03. The van der Waals surface area contributed by atoms with Crippen LogP contribution in [0.2, 0.25) is 0 Å². The molecule has 5 heteroatoms. The van der Waals surface area contributed by atoms with Gasteiger partial charge in [0.05, 0.1) is 0 Å². The van der Waals surface area contributed by atoms with Gasteiger partial charge in [0.25, 0.3) is 0 Å². The van der Waals surface area contributed by atoms with Gasteiger partial charge in [-0.15, -0.1) is 0 Å². The molecule has 0 saturated heterocycles. The summed E-state index contributed by atoms with van der Waals surface area (Å²) in [6, 6.07) is 0.259. The van der Waals surface area contributed by atoms with E-state index >= 15 is 0 Å².